The van der Waals surface area contributed by atoms with Gasteiger partial charge in [-0.05, 0) is 44.4 Å². The number of piperidine rings is 1. The molecule has 0 bridgehead atoms. The Hall–Kier alpha value is -1.14. The van der Waals surface area contributed by atoms with Gasteiger partial charge in [0.2, 0.25) is 11.8 Å². The summed E-state index contributed by atoms with van der Waals surface area (Å²) in [7, 11) is 0. The van der Waals surface area contributed by atoms with E-state index in [0.717, 1.165) is 51.5 Å². The molecule has 2 aliphatic carbocycles. The van der Waals surface area contributed by atoms with Gasteiger partial charge < -0.3 is 10.2 Å². The van der Waals surface area contributed by atoms with Crippen LogP contribution in [0.4, 0.5) is 0 Å². The summed E-state index contributed by atoms with van der Waals surface area (Å²) >= 11 is 0. The molecular formula is C20H34N4O2. The predicted molar refractivity (Wildman–Crippen MR) is 101 cm³/mol. The van der Waals surface area contributed by atoms with Crippen molar-refractivity contribution in [3.63, 3.8) is 0 Å². The fraction of sp³-hybridized carbons (Fsp3) is 0.900. The maximum absolute atomic E-state index is 12.9. The Bertz CT molecular complexity index is 512. The minimum absolute atomic E-state index is 0.161. The highest BCUT2D eigenvalue weighted by Gasteiger charge is 2.36. The van der Waals surface area contributed by atoms with E-state index in [1.807, 2.05) is 0 Å². The van der Waals surface area contributed by atoms with Gasteiger partial charge in [-0.1, -0.05) is 12.8 Å². The molecule has 0 aromatic heterocycles. The lowest BCUT2D eigenvalue weighted by molar-refractivity contribution is -0.139. The zero-order chi connectivity index (χ0) is 17.9. The Kier molecular flexibility index (Phi) is 5.79. The first kappa shape index (κ1) is 18.2. The number of rotatable bonds is 5. The lowest BCUT2D eigenvalue weighted by atomic mass is 9.78. The third kappa shape index (κ3) is 4.58. The van der Waals surface area contributed by atoms with Crippen molar-refractivity contribution in [2.75, 3.05) is 45.8 Å². The fourth-order valence-electron chi connectivity index (χ4n) is 5.03. The van der Waals surface area contributed by atoms with Gasteiger partial charge in [0.25, 0.3) is 0 Å². The monoisotopic (exact) mass is 362 g/mol. The number of nitrogens with one attached hydrogen (secondary N) is 1. The van der Waals surface area contributed by atoms with Crippen molar-refractivity contribution < 1.29 is 9.59 Å². The van der Waals surface area contributed by atoms with E-state index >= 15 is 0 Å². The van der Waals surface area contributed by atoms with Crippen LogP contribution >= 0.6 is 0 Å². The van der Waals surface area contributed by atoms with Crippen LogP contribution in [0.2, 0.25) is 0 Å². The second-order valence-electron chi connectivity index (χ2n) is 8.74. The molecule has 2 saturated carbocycles. The minimum atomic E-state index is 0.161. The van der Waals surface area contributed by atoms with Gasteiger partial charge in [-0.15, -0.1) is 0 Å². The Morgan fingerprint density at radius 3 is 2.15 bits per heavy atom. The SMILES string of the molecule is O=C(CN1CCN(CC(=O)N2CCC[C@@H]3CCCC[C@H]32)CC1)NC1CC1. The van der Waals surface area contributed by atoms with E-state index in [9.17, 15) is 9.59 Å². The molecule has 4 aliphatic rings. The van der Waals surface area contributed by atoms with E-state index in [-0.39, 0.29) is 5.91 Å². The van der Waals surface area contributed by atoms with Crippen LogP contribution in [0.1, 0.15) is 51.4 Å². The van der Waals surface area contributed by atoms with Gasteiger partial charge in [-0.3, -0.25) is 19.4 Å². The van der Waals surface area contributed by atoms with Gasteiger partial charge in [0.05, 0.1) is 13.1 Å². The van der Waals surface area contributed by atoms with E-state index in [1.165, 1.54) is 38.5 Å². The van der Waals surface area contributed by atoms with Crippen molar-refractivity contribution in [3.8, 4) is 0 Å². The van der Waals surface area contributed by atoms with Crippen molar-refractivity contribution >= 4 is 11.8 Å². The van der Waals surface area contributed by atoms with E-state index < -0.39 is 0 Å². The topological polar surface area (TPSA) is 55.9 Å². The molecule has 4 fully saturated rings. The largest absolute Gasteiger partial charge is 0.352 e. The molecule has 6 heteroatoms. The van der Waals surface area contributed by atoms with E-state index in [2.05, 4.69) is 20.0 Å². The Morgan fingerprint density at radius 2 is 1.42 bits per heavy atom. The average Bonchev–Trinajstić information content (AvgIpc) is 3.46. The van der Waals surface area contributed by atoms with Crippen molar-refractivity contribution in [1.29, 1.82) is 0 Å². The molecule has 4 rings (SSSR count). The summed E-state index contributed by atoms with van der Waals surface area (Å²) in [5.74, 6) is 1.25. The number of likely N-dealkylation sites (tertiary alicyclic amines) is 1. The summed E-state index contributed by atoms with van der Waals surface area (Å²) < 4.78 is 0. The normalized spacial score (nSPS) is 30.7. The highest BCUT2D eigenvalue weighted by molar-refractivity contribution is 5.79. The summed E-state index contributed by atoms with van der Waals surface area (Å²) in [4.78, 5) is 31.6. The highest BCUT2D eigenvalue weighted by Crippen LogP contribution is 2.35. The molecule has 0 radical (unpaired) electrons. The van der Waals surface area contributed by atoms with Gasteiger partial charge in [-0.25, -0.2) is 0 Å². The molecule has 2 atom stereocenters. The quantitative estimate of drug-likeness (QED) is 0.795. The number of nitrogens with zero attached hydrogens (tertiary/aromatic N) is 3. The van der Waals surface area contributed by atoms with Crippen LogP contribution in [0, 0.1) is 5.92 Å². The number of piperazine rings is 1. The second-order valence-corrected chi connectivity index (χ2v) is 8.74. The van der Waals surface area contributed by atoms with Crippen molar-refractivity contribution in [1.82, 2.24) is 20.0 Å². The molecule has 146 valence electrons. The number of amides is 2. The standard InChI is InChI=1S/C20H34N4O2/c25-19(21-17-7-8-17)14-22-10-12-23(13-11-22)15-20(26)24-9-3-5-16-4-1-2-6-18(16)24/h16-18H,1-15H2,(H,21,25)/t16-,18+/m0/s1. The molecule has 0 aromatic rings. The average molecular weight is 363 g/mol. The molecular weight excluding hydrogens is 328 g/mol. The van der Waals surface area contributed by atoms with Gasteiger partial charge in [0.15, 0.2) is 0 Å². The third-order valence-electron chi connectivity index (χ3n) is 6.70. The van der Waals surface area contributed by atoms with Crippen LogP contribution in [0.3, 0.4) is 0 Å². The van der Waals surface area contributed by atoms with Crippen molar-refractivity contribution in [2.45, 2.75) is 63.5 Å². The smallest absolute Gasteiger partial charge is 0.237 e. The first-order chi connectivity index (χ1) is 12.7. The molecule has 0 aromatic carbocycles. The van der Waals surface area contributed by atoms with Crippen LogP contribution in [-0.2, 0) is 9.59 Å². The fourth-order valence-corrected chi connectivity index (χ4v) is 5.03. The summed E-state index contributed by atoms with van der Waals surface area (Å²) in [5, 5.41) is 3.06. The lowest BCUT2D eigenvalue weighted by Crippen LogP contribution is -2.55. The van der Waals surface area contributed by atoms with Crippen LogP contribution in [0.25, 0.3) is 0 Å². The first-order valence-electron chi connectivity index (χ1n) is 10.7. The van der Waals surface area contributed by atoms with Crippen LogP contribution in [0.5, 0.6) is 0 Å². The number of hydrogen-bond donors (Lipinski definition) is 1. The lowest BCUT2D eigenvalue weighted by Gasteiger charge is -2.45. The van der Waals surface area contributed by atoms with Gasteiger partial charge in [0, 0.05) is 44.8 Å². The number of fused-ring (bicyclic) bond motifs is 1. The van der Waals surface area contributed by atoms with Crippen LogP contribution < -0.4 is 5.32 Å². The number of carbonyl (C=O) groups excluding carboxylic acids is 2. The summed E-state index contributed by atoms with van der Waals surface area (Å²) in [6.45, 7) is 5.59. The highest BCUT2D eigenvalue weighted by atomic mass is 16.2. The number of hydrogen-bond acceptors (Lipinski definition) is 4. The Balaban J connectivity index is 1.21. The van der Waals surface area contributed by atoms with E-state index in [0.29, 0.717) is 31.1 Å². The van der Waals surface area contributed by atoms with E-state index in [1.54, 1.807) is 0 Å². The summed E-state index contributed by atoms with van der Waals surface area (Å²) in [6.07, 6.45) is 9.93. The molecule has 2 saturated heterocycles. The molecule has 26 heavy (non-hydrogen) atoms. The Labute approximate surface area is 157 Å². The Morgan fingerprint density at radius 1 is 0.769 bits per heavy atom. The molecule has 2 amide bonds. The maximum Gasteiger partial charge on any atom is 0.237 e. The van der Waals surface area contributed by atoms with Crippen LogP contribution in [0.15, 0.2) is 0 Å². The predicted octanol–water partition coefficient (Wildman–Crippen LogP) is 1.06. The van der Waals surface area contributed by atoms with Gasteiger partial charge in [0.1, 0.15) is 0 Å². The van der Waals surface area contributed by atoms with Crippen LogP contribution in [-0.4, -0.2) is 84.4 Å². The summed E-state index contributed by atoms with van der Waals surface area (Å²) in [5.41, 5.74) is 0. The molecule has 2 heterocycles. The third-order valence-corrected chi connectivity index (χ3v) is 6.70. The zero-order valence-corrected chi connectivity index (χ0v) is 16.0. The molecule has 0 unspecified atom stereocenters. The van der Waals surface area contributed by atoms with E-state index in [4.69, 9.17) is 0 Å². The summed E-state index contributed by atoms with van der Waals surface area (Å²) in [6, 6.07) is 0.951. The van der Waals surface area contributed by atoms with Crippen molar-refractivity contribution in [3.05, 3.63) is 0 Å². The molecule has 6 nitrogen and oxygen atoms in total. The molecule has 1 N–H and O–H groups in total. The van der Waals surface area contributed by atoms with Gasteiger partial charge >= 0.3 is 0 Å². The molecule has 2 aliphatic heterocycles. The van der Waals surface area contributed by atoms with Crippen molar-refractivity contribution in [2.24, 2.45) is 5.92 Å². The first-order valence-corrected chi connectivity index (χ1v) is 10.7. The van der Waals surface area contributed by atoms with Gasteiger partial charge in [-0.2, -0.15) is 0 Å². The minimum Gasteiger partial charge on any atom is -0.352 e. The maximum atomic E-state index is 12.9. The molecule has 0 spiro atoms. The zero-order valence-electron chi connectivity index (χ0n) is 16.0. The second kappa shape index (κ2) is 8.26. The number of carbonyl (C=O) groups is 2.